The summed E-state index contributed by atoms with van der Waals surface area (Å²) in [5.74, 6) is -2.67. The number of carboxylic acid groups (broad SMARTS) is 1. The monoisotopic (exact) mass is 559 g/mol. The number of nitrogens with one attached hydrogen (secondary N) is 1. The maximum Gasteiger partial charge on any atom is 0.407 e. The van der Waals surface area contributed by atoms with Crippen molar-refractivity contribution in [3.63, 3.8) is 0 Å². The van der Waals surface area contributed by atoms with E-state index in [1.54, 1.807) is 18.2 Å². The van der Waals surface area contributed by atoms with Gasteiger partial charge < -0.3 is 24.6 Å². The number of ether oxygens (including phenoxy) is 3. The molecule has 5 rings (SSSR count). The van der Waals surface area contributed by atoms with Crippen LogP contribution in [0.4, 0.5) is 13.6 Å². The molecule has 4 aromatic rings. The summed E-state index contributed by atoms with van der Waals surface area (Å²) >= 11 is 0. The predicted octanol–water partition coefficient (Wildman–Crippen LogP) is 6.09. The SMILES string of the molecule is COc1ccc(CC(NC(=O)OCC2c3ccccc3-c3ccccc32)C(=O)O)cc1COc1ccc(F)cc1F. The van der Waals surface area contributed by atoms with Crippen LogP contribution in [0, 0.1) is 11.6 Å². The number of hydrogen-bond acceptors (Lipinski definition) is 5. The minimum absolute atomic E-state index is 0.0518. The van der Waals surface area contributed by atoms with E-state index in [1.165, 1.54) is 13.2 Å². The Labute approximate surface area is 235 Å². The van der Waals surface area contributed by atoms with E-state index in [1.807, 2.05) is 48.5 Å². The van der Waals surface area contributed by atoms with E-state index in [4.69, 9.17) is 14.2 Å². The van der Waals surface area contributed by atoms with Gasteiger partial charge in [-0.25, -0.2) is 18.4 Å². The molecule has 4 aromatic carbocycles. The average molecular weight is 560 g/mol. The minimum Gasteiger partial charge on any atom is -0.496 e. The Hall–Kier alpha value is -4.92. The molecule has 0 saturated carbocycles. The first kappa shape index (κ1) is 27.6. The number of fused-ring (bicyclic) bond motifs is 3. The lowest BCUT2D eigenvalue weighted by atomic mass is 9.98. The average Bonchev–Trinajstić information content (AvgIpc) is 3.29. The fourth-order valence-electron chi connectivity index (χ4n) is 5.04. The largest absolute Gasteiger partial charge is 0.496 e. The van der Waals surface area contributed by atoms with Crippen LogP contribution in [0.1, 0.15) is 28.2 Å². The van der Waals surface area contributed by atoms with Gasteiger partial charge in [-0.2, -0.15) is 0 Å². The molecule has 1 amide bonds. The molecule has 2 N–H and O–H groups in total. The van der Waals surface area contributed by atoms with Gasteiger partial charge in [-0.1, -0.05) is 54.6 Å². The van der Waals surface area contributed by atoms with Crippen molar-refractivity contribution in [2.75, 3.05) is 13.7 Å². The standard InChI is InChI=1S/C32H27F2NO6/c1-39-29-12-10-19(14-20(29)17-40-30-13-11-21(33)16-27(30)34)15-28(31(36)37)35-32(38)41-18-26-24-8-4-2-6-22(24)23-7-3-5-9-25(23)26/h2-14,16,26,28H,15,17-18H2,1H3,(H,35,38)(H,36,37). The van der Waals surface area contributed by atoms with Crippen molar-refractivity contribution >= 4 is 12.1 Å². The quantitative estimate of drug-likeness (QED) is 0.244. The van der Waals surface area contributed by atoms with Gasteiger partial charge in [-0.15, -0.1) is 0 Å². The van der Waals surface area contributed by atoms with Gasteiger partial charge >= 0.3 is 12.1 Å². The number of carboxylic acids is 1. The smallest absolute Gasteiger partial charge is 0.407 e. The van der Waals surface area contributed by atoms with Crippen LogP contribution in [-0.4, -0.2) is 36.9 Å². The predicted molar refractivity (Wildman–Crippen MR) is 147 cm³/mol. The first-order valence-electron chi connectivity index (χ1n) is 12.9. The van der Waals surface area contributed by atoms with Gasteiger partial charge in [0.25, 0.3) is 0 Å². The number of hydrogen-bond donors (Lipinski definition) is 2. The first-order valence-corrected chi connectivity index (χ1v) is 12.9. The normalized spacial score (nSPS) is 12.7. The van der Waals surface area contributed by atoms with Crippen LogP contribution in [0.15, 0.2) is 84.9 Å². The van der Waals surface area contributed by atoms with Crippen LogP contribution in [0.2, 0.25) is 0 Å². The summed E-state index contributed by atoms with van der Waals surface area (Å²) in [7, 11) is 1.45. The van der Waals surface area contributed by atoms with Gasteiger partial charge in [0.05, 0.1) is 7.11 Å². The molecule has 0 heterocycles. The Balaban J connectivity index is 1.24. The van der Waals surface area contributed by atoms with Crippen LogP contribution in [0.3, 0.4) is 0 Å². The third-order valence-electron chi connectivity index (χ3n) is 7.00. The molecule has 0 aromatic heterocycles. The second-order valence-corrected chi connectivity index (χ2v) is 9.57. The maximum atomic E-state index is 14.0. The summed E-state index contributed by atoms with van der Waals surface area (Å²) in [4.78, 5) is 24.7. The fraction of sp³-hybridized carbons (Fsp3) is 0.188. The highest BCUT2D eigenvalue weighted by atomic mass is 19.1. The van der Waals surface area contributed by atoms with Gasteiger partial charge in [0.15, 0.2) is 11.6 Å². The van der Waals surface area contributed by atoms with E-state index >= 15 is 0 Å². The number of alkyl carbamates (subject to hydrolysis) is 1. The van der Waals surface area contributed by atoms with Crippen LogP contribution >= 0.6 is 0 Å². The van der Waals surface area contributed by atoms with Gasteiger partial charge in [0.2, 0.25) is 0 Å². The molecule has 1 atom stereocenters. The fourth-order valence-corrected chi connectivity index (χ4v) is 5.04. The third kappa shape index (κ3) is 6.14. The van der Waals surface area contributed by atoms with E-state index in [0.29, 0.717) is 16.9 Å². The molecular formula is C32H27F2NO6. The van der Waals surface area contributed by atoms with Crippen molar-refractivity contribution in [1.82, 2.24) is 5.32 Å². The molecule has 1 aliphatic rings. The molecule has 1 unspecified atom stereocenters. The number of rotatable bonds is 10. The highest BCUT2D eigenvalue weighted by Crippen LogP contribution is 2.44. The minimum atomic E-state index is -1.28. The van der Waals surface area contributed by atoms with Crippen molar-refractivity contribution in [3.05, 3.63) is 119 Å². The van der Waals surface area contributed by atoms with Gasteiger partial charge in [-0.05, 0) is 52.1 Å². The van der Waals surface area contributed by atoms with Crippen molar-refractivity contribution in [3.8, 4) is 22.6 Å². The molecule has 210 valence electrons. The zero-order valence-electron chi connectivity index (χ0n) is 22.1. The number of benzene rings is 4. The molecule has 0 bridgehead atoms. The third-order valence-corrected chi connectivity index (χ3v) is 7.00. The molecule has 0 saturated heterocycles. The Morgan fingerprint density at radius 2 is 1.56 bits per heavy atom. The van der Waals surface area contributed by atoms with Crippen LogP contribution in [0.5, 0.6) is 11.5 Å². The molecule has 0 aliphatic heterocycles. The van der Waals surface area contributed by atoms with Crippen molar-refractivity contribution < 1.29 is 37.7 Å². The van der Waals surface area contributed by atoms with Gasteiger partial charge in [0, 0.05) is 24.0 Å². The maximum absolute atomic E-state index is 14.0. The van der Waals surface area contributed by atoms with Crippen molar-refractivity contribution in [2.24, 2.45) is 0 Å². The van der Waals surface area contributed by atoms with Crippen molar-refractivity contribution in [1.29, 1.82) is 0 Å². The summed E-state index contributed by atoms with van der Waals surface area (Å²) in [5, 5.41) is 12.3. The molecule has 1 aliphatic carbocycles. The molecule has 0 radical (unpaired) electrons. The number of methoxy groups -OCH3 is 1. The topological polar surface area (TPSA) is 94.1 Å². The molecule has 41 heavy (non-hydrogen) atoms. The summed E-state index contributed by atoms with van der Waals surface area (Å²) in [5.41, 5.74) is 5.34. The second-order valence-electron chi connectivity index (χ2n) is 9.57. The summed E-state index contributed by atoms with van der Waals surface area (Å²) < 4.78 is 43.5. The van der Waals surface area contributed by atoms with E-state index < -0.39 is 29.7 Å². The Kier molecular flexibility index (Phi) is 8.14. The summed E-state index contributed by atoms with van der Waals surface area (Å²) in [6, 6.07) is 22.5. The van der Waals surface area contributed by atoms with E-state index in [-0.39, 0.29) is 31.3 Å². The van der Waals surface area contributed by atoms with E-state index in [9.17, 15) is 23.5 Å². The lowest BCUT2D eigenvalue weighted by Crippen LogP contribution is -2.42. The Morgan fingerprint density at radius 1 is 0.902 bits per heavy atom. The molecule has 9 heteroatoms. The number of carbonyl (C=O) groups excluding carboxylic acids is 1. The zero-order valence-corrected chi connectivity index (χ0v) is 22.1. The molecule has 0 fully saturated rings. The van der Waals surface area contributed by atoms with Gasteiger partial charge in [0.1, 0.15) is 30.8 Å². The summed E-state index contributed by atoms with van der Waals surface area (Å²) in [6.45, 7) is -0.0622. The van der Waals surface area contributed by atoms with Crippen molar-refractivity contribution in [2.45, 2.75) is 25.0 Å². The van der Waals surface area contributed by atoms with Gasteiger partial charge in [-0.3, -0.25) is 0 Å². The first-order chi connectivity index (χ1) is 19.8. The van der Waals surface area contributed by atoms with Crippen LogP contribution < -0.4 is 14.8 Å². The number of carbonyl (C=O) groups is 2. The Morgan fingerprint density at radius 3 is 2.20 bits per heavy atom. The van der Waals surface area contributed by atoms with Crippen LogP contribution in [-0.2, 0) is 22.6 Å². The Bertz CT molecular complexity index is 1540. The van der Waals surface area contributed by atoms with E-state index in [0.717, 1.165) is 34.4 Å². The number of halogens is 2. The number of amides is 1. The number of aliphatic carboxylic acids is 1. The highest BCUT2D eigenvalue weighted by molar-refractivity contribution is 5.81. The van der Waals surface area contributed by atoms with E-state index in [2.05, 4.69) is 5.32 Å². The van der Waals surface area contributed by atoms with Crippen LogP contribution in [0.25, 0.3) is 11.1 Å². The molecule has 7 nitrogen and oxygen atoms in total. The zero-order chi connectivity index (χ0) is 28.9. The molecular weight excluding hydrogens is 532 g/mol. The lowest BCUT2D eigenvalue weighted by molar-refractivity contribution is -0.139. The highest BCUT2D eigenvalue weighted by Gasteiger charge is 2.30. The second kappa shape index (κ2) is 12.1. The lowest BCUT2D eigenvalue weighted by Gasteiger charge is -2.18. The summed E-state index contributed by atoms with van der Waals surface area (Å²) in [6.07, 6.45) is -0.898. The molecule has 0 spiro atoms.